The van der Waals surface area contributed by atoms with Crippen LogP contribution in [0.1, 0.15) is 29.2 Å². The summed E-state index contributed by atoms with van der Waals surface area (Å²) in [5.41, 5.74) is 5.82. The maximum atomic E-state index is 2.34. The zero-order valence-electron chi connectivity index (χ0n) is 12.0. The molecule has 0 heterocycles. The van der Waals surface area contributed by atoms with Crippen LogP contribution in [0.25, 0.3) is 0 Å². The van der Waals surface area contributed by atoms with E-state index in [-0.39, 0.29) is 5.54 Å². The van der Waals surface area contributed by atoms with Crippen molar-refractivity contribution in [1.82, 2.24) is 4.90 Å². The Labute approximate surface area is 115 Å². The van der Waals surface area contributed by atoms with Gasteiger partial charge in [-0.05, 0) is 56.1 Å². The summed E-state index contributed by atoms with van der Waals surface area (Å²) < 4.78 is 0. The van der Waals surface area contributed by atoms with Crippen molar-refractivity contribution in [1.29, 1.82) is 0 Å². The SMILES string of the molecule is CN(C)C1(C)c2ccccc2CCc2ccccc21. The molecule has 0 saturated heterocycles. The maximum Gasteiger partial charge on any atom is 0.0687 e. The van der Waals surface area contributed by atoms with Crippen LogP contribution in [0.15, 0.2) is 48.5 Å². The summed E-state index contributed by atoms with van der Waals surface area (Å²) in [6, 6.07) is 17.8. The summed E-state index contributed by atoms with van der Waals surface area (Å²) in [7, 11) is 4.36. The van der Waals surface area contributed by atoms with Crippen molar-refractivity contribution in [3.05, 3.63) is 70.8 Å². The van der Waals surface area contributed by atoms with Crippen LogP contribution in [-0.4, -0.2) is 19.0 Å². The molecule has 0 fully saturated rings. The van der Waals surface area contributed by atoms with E-state index in [0.717, 1.165) is 12.8 Å². The number of aryl methyl sites for hydroxylation is 2. The van der Waals surface area contributed by atoms with Crippen LogP contribution in [0.5, 0.6) is 0 Å². The predicted octanol–water partition coefficient (Wildman–Crippen LogP) is 3.61. The summed E-state index contributed by atoms with van der Waals surface area (Å²) in [6.07, 6.45) is 2.27. The van der Waals surface area contributed by atoms with Crippen LogP contribution < -0.4 is 0 Å². The van der Waals surface area contributed by atoms with E-state index >= 15 is 0 Å². The first-order valence-electron chi connectivity index (χ1n) is 6.98. The first kappa shape index (κ1) is 12.4. The second-order valence-corrected chi connectivity index (χ2v) is 5.78. The van der Waals surface area contributed by atoms with Gasteiger partial charge in [0.05, 0.1) is 5.54 Å². The molecule has 98 valence electrons. The van der Waals surface area contributed by atoms with Gasteiger partial charge in [-0.3, -0.25) is 4.90 Å². The van der Waals surface area contributed by atoms with Crippen LogP contribution in [0.2, 0.25) is 0 Å². The lowest BCUT2D eigenvalue weighted by molar-refractivity contribution is 0.222. The molecule has 3 rings (SSSR count). The van der Waals surface area contributed by atoms with Crippen molar-refractivity contribution in [2.45, 2.75) is 25.3 Å². The van der Waals surface area contributed by atoms with E-state index in [0.29, 0.717) is 0 Å². The number of rotatable bonds is 1. The average Bonchev–Trinajstić information content (AvgIpc) is 2.56. The molecule has 0 spiro atoms. The van der Waals surface area contributed by atoms with E-state index in [9.17, 15) is 0 Å². The first-order chi connectivity index (χ1) is 9.14. The van der Waals surface area contributed by atoms with Gasteiger partial charge in [-0.2, -0.15) is 0 Å². The molecule has 19 heavy (non-hydrogen) atoms. The third kappa shape index (κ3) is 1.81. The van der Waals surface area contributed by atoms with Crippen LogP contribution in [0.4, 0.5) is 0 Å². The van der Waals surface area contributed by atoms with Gasteiger partial charge in [0.1, 0.15) is 0 Å². The largest absolute Gasteiger partial charge is 0.296 e. The monoisotopic (exact) mass is 251 g/mol. The molecule has 1 nitrogen and oxygen atoms in total. The van der Waals surface area contributed by atoms with Crippen molar-refractivity contribution >= 4 is 0 Å². The second-order valence-electron chi connectivity index (χ2n) is 5.78. The molecule has 1 aliphatic rings. The summed E-state index contributed by atoms with van der Waals surface area (Å²) in [5.74, 6) is 0. The molecule has 2 aromatic carbocycles. The van der Waals surface area contributed by atoms with Crippen LogP contribution in [-0.2, 0) is 18.4 Å². The fourth-order valence-corrected chi connectivity index (χ4v) is 3.32. The Morgan fingerprint density at radius 3 is 1.63 bits per heavy atom. The van der Waals surface area contributed by atoms with E-state index < -0.39 is 0 Å². The molecule has 0 amide bonds. The third-order valence-corrected chi connectivity index (χ3v) is 4.64. The number of fused-ring (bicyclic) bond motifs is 2. The zero-order valence-corrected chi connectivity index (χ0v) is 12.0. The van der Waals surface area contributed by atoms with Crippen molar-refractivity contribution < 1.29 is 0 Å². The third-order valence-electron chi connectivity index (χ3n) is 4.64. The Morgan fingerprint density at radius 2 is 1.21 bits per heavy atom. The quantitative estimate of drug-likeness (QED) is 0.748. The average molecular weight is 251 g/mol. The highest BCUT2D eigenvalue weighted by atomic mass is 15.1. The fraction of sp³-hybridized carbons (Fsp3) is 0.333. The van der Waals surface area contributed by atoms with Crippen molar-refractivity contribution in [3.8, 4) is 0 Å². The standard InChI is InChI=1S/C18H21N/c1-18(19(2)3)16-10-6-4-8-14(16)12-13-15-9-5-7-11-17(15)18/h4-11H,12-13H2,1-3H3. The fourth-order valence-electron chi connectivity index (χ4n) is 3.32. The van der Waals surface area contributed by atoms with Gasteiger partial charge >= 0.3 is 0 Å². The Balaban J connectivity index is 2.32. The normalized spacial score (nSPS) is 16.6. The summed E-state index contributed by atoms with van der Waals surface area (Å²) in [4.78, 5) is 2.34. The zero-order chi connectivity index (χ0) is 13.5. The Bertz CT molecular complexity index is 551. The number of nitrogens with zero attached hydrogens (tertiary/aromatic N) is 1. The molecule has 2 aromatic rings. The molecule has 0 bridgehead atoms. The molecular weight excluding hydrogens is 230 g/mol. The lowest BCUT2D eigenvalue weighted by atomic mass is 9.81. The van der Waals surface area contributed by atoms with Gasteiger partial charge < -0.3 is 0 Å². The number of benzene rings is 2. The van der Waals surface area contributed by atoms with Crippen molar-refractivity contribution in [3.63, 3.8) is 0 Å². The van der Waals surface area contributed by atoms with E-state index in [1.807, 2.05) is 0 Å². The molecule has 1 aliphatic carbocycles. The highest BCUT2D eigenvalue weighted by Gasteiger charge is 2.36. The van der Waals surface area contributed by atoms with E-state index in [1.165, 1.54) is 22.3 Å². The van der Waals surface area contributed by atoms with Gasteiger partial charge in [0.2, 0.25) is 0 Å². The predicted molar refractivity (Wildman–Crippen MR) is 80.4 cm³/mol. The van der Waals surface area contributed by atoms with Gasteiger partial charge in [-0.1, -0.05) is 48.5 Å². The minimum atomic E-state index is -0.0380. The topological polar surface area (TPSA) is 3.24 Å². The summed E-state index contributed by atoms with van der Waals surface area (Å²) in [5, 5.41) is 0. The highest BCUT2D eigenvalue weighted by Crippen LogP contribution is 2.40. The lowest BCUT2D eigenvalue weighted by Crippen LogP contribution is -2.40. The van der Waals surface area contributed by atoms with Gasteiger partial charge in [-0.25, -0.2) is 0 Å². The smallest absolute Gasteiger partial charge is 0.0687 e. The molecule has 1 heteroatoms. The maximum absolute atomic E-state index is 2.34. The minimum Gasteiger partial charge on any atom is -0.296 e. The van der Waals surface area contributed by atoms with Crippen LogP contribution in [0, 0.1) is 0 Å². The second kappa shape index (κ2) is 4.50. The van der Waals surface area contributed by atoms with E-state index in [4.69, 9.17) is 0 Å². The Kier molecular flexibility index (Phi) is 2.94. The molecule has 0 radical (unpaired) electrons. The van der Waals surface area contributed by atoms with Crippen LogP contribution in [0.3, 0.4) is 0 Å². The van der Waals surface area contributed by atoms with Gasteiger partial charge in [0.25, 0.3) is 0 Å². The van der Waals surface area contributed by atoms with Crippen molar-refractivity contribution in [2.75, 3.05) is 14.1 Å². The number of hydrogen-bond donors (Lipinski definition) is 0. The lowest BCUT2D eigenvalue weighted by Gasteiger charge is -2.39. The molecule has 0 atom stereocenters. The molecule has 0 saturated carbocycles. The van der Waals surface area contributed by atoms with E-state index in [2.05, 4.69) is 74.4 Å². The van der Waals surface area contributed by atoms with Gasteiger partial charge in [0.15, 0.2) is 0 Å². The molecular formula is C18H21N. The first-order valence-corrected chi connectivity index (χ1v) is 6.98. The molecule has 0 N–H and O–H groups in total. The molecule has 0 aliphatic heterocycles. The Morgan fingerprint density at radius 1 is 0.789 bits per heavy atom. The van der Waals surface area contributed by atoms with E-state index in [1.54, 1.807) is 0 Å². The Hall–Kier alpha value is -1.60. The molecule has 0 aromatic heterocycles. The summed E-state index contributed by atoms with van der Waals surface area (Å²) >= 11 is 0. The summed E-state index contributed by atoms with van der Waals surface area (Å²) in [6.45, 7) is 2.34. The number of hydrogen-bond acceptors (Lipinski definition) is 1. The highest BCUT2D eigenvalue weighted by molar-refractivity contribution is 5.48. The van der Waals surface area contributed by atoms with Gasteiger partial charge in [0, 0.05) is 0 Å². The van der Waals surface area contributed by atoms with Crippen molar-refractivity contribution in [2.24, 2.45) is 0 Å². The van der Waals surface area contributed by atoms with Gasteiger partial charge in [-0.15, -0.1) is 0 Å². The van der Waals surface area contributed by atoms with Crippen LogP contribution >= 0.6 is 0 Å². The molecule has 0 unspecified atom stereocenters. The minimum absolute atomic E-state index is 0.0380.